The number of rotatable bonds is 12. The summed E-state index contributed by atoms with van der Waals surface area (Å²) in [6, 6.07) is 0. The largest absolute Gasteiger partial charge is 0.394 e. The lowest BCUT2D eigenvalue weighted by atomic mass is 9.35. The summed E-state index contributed by atoms with van der Waals surface area (Å²) in [5.74, 6) is -0.746. The van der Waals surface area contributed by atoms with E-state index in [1.807, 2.05) is 13.8 Å². The fourth-order valence-corrected chi connectivity index (χ4v) is 17.1. The van der Waals surface area contributed by atoms with Gasteiger partial charge in [0, 0.05) is 24.2 Å². The second-order valence-corrected chi connectivity index (χ2v) is 25.3. The monoisotopic (exact) mass is 1060 g/mol. The van der Waals surface area contributed by atoms with Gasteiger partial charge < -0.3 is 109 Å². The van der Waals surface area contributed by atoms with Crippen molar-refractivity contribution >= 4 is 0 Å². The van der Waals surface area contributed by atoms with Crippen molar-refractivity contribution in [3.05, 3.63) is 11.6 Å². The lowest BCUT2D eigenvalue weighted by molar-refractivity contribution is -0.388. The second-order valence-electron chi connectivity index (χ2n) is 25.3. The van der Waals surface area contributed by atoms with Crippen LogP contribution in [0, 0.1) is 45.3 Å². The Morgan fingerprint density at radius 1 is 0.608 bits per heavy atom. The molecule has 0 radical (unpaired) electrons. The van der Waals surface area contributed by atoms with Gasteiger partial charge in [-0.3, -0.25) is 0 Å². The molecule has 22 heteroatoms. The van der Waals surface area contributed by atoms with Crippen molar-refractivity contribution in [3.63, 3.8) is 0 Å². The van der Waals surface area contributed by atoms with Crippen LogP contribution in [0.5, 0.6) is 0 Å². The molecule has 424 valence electrons. The highest BCUT2D eigenvalue weighted by atomic mass is 16.8. The molecule has 0 aromatic rings. The molecule has 0 aromatic heterocycles. The molecule has 6 aliphatic heterocycles. The van der Waals surface area contributed by atoms with Crippen LogP contribution >= 0.6 is 0 Å². The maximum atomic E-state index is 11.8. The first kappa shape index (κ1) is 56.1. The summed E-state index contributed by atoms with van der Waals surface area (Å²) in [5, 5.41) is 128. The van der Waals surface area contributed by atoms with Crippen LogP contribution in [0.2, 0.25) is 0 Å². The predicted molar refractivity (Wildman–Crippen MR) is 251 cm³/mol. The van der Waals surface area contributed by atoms with Crippen LogP contribution in [0.25, 0.3) is 0 Å². The standard InChI is InChI=1S/C52H84O22/c1-22(2)14-23-15-50(7,74-43-37(62)32(57)25(56)19-65-43)42-24-8-9-30-48(5)12-11-31(47(3,4)29(48)10-13-49(30,6)51(24)20-52(42,73-23)66-21-51)70-46-41(72-44-38(63)34(59)27(17-54)68-44)40(35(60)28(18-55)69-46)71-45-39(64)36(61)33(58)26(16-53)67-45/h14,23-46,53-64H,8-13,15-21H2,1-7H3/t23-,24+,25-,26+,27-,28+,29-,30+,31-,32-,33+,34-,35+,36-,37-,38+,39+,40-,41+,42-,43+,44-,45-,46-,48-,49+,50-,51-,52-/m0/s1. The highest BCUT2D eigenvalue weighted by molar-refractivity contribution is 5.27. The van der Waals surface area contributed by atoms with Crippen LogP contribution in [-0.2, 0) is 47.4 Å². The third-order valence-electron chi connectivity index (χ3n) is 20.6. The third-order valence-corrected chi connectivity index (χ3v) is 20.6. The van der Waals surface area contributed by atoms with Gasteiger partial charge in [-0.2, -0.15) is 0 Å². The molecule has 4 aliphatic carbocycles. The quantitative estimate of drug-likeness (QED) is 0.0776. The maximum Gasteiger partial charge on any atom is 0.187 e. The number of ether oxygens (including phenoxy) is 10. The lowest BCUT2D eigenvalue weighted by Crippen LogP contribution is -2.69. The SMILES string of the molecule is CC(C)=C[C@H]1C[C@](C)(O[C@H]2OC[C@H](O)[C@H](O)[C@@H]2O)[C@@H]2[C@H]3CC[C@@H]4[C@@]5(C)CC[C@H](O[C@@H]6O[C@H](CO)[C@@H](O)[C@H](O[C@@H]7O[C@H](CO)[C@@H](O)[C@H](O)[C@H]7O)[C@H]6O[C@@H]6O[C@@H](CO)[C@H](O)[C@H]6O)C(C)(C)[C@@H]5CC[C@@]4(C)[C@@]34CO[C@@]2(C4)O1. The Bertz CT molecular complexity index is 2030. The van der Waals surface area contributed by atoms with Crippen molar-refractivity contribution in [2.75, 3.05) is 33.0 Å². The van der Waals surface area contributed by atoms with Crippen LogP contribution in [-0.4, -0.2) is 229 Å². The molecule has 22 nitrogen and oxygen atoms in total. The minimum atomic E-state index is -1.89. The van der Waals surface area contributed by atoms with Crippen molar-refractivity contribution in [3.8, 4) is 0 Å². The van der Waals surface area contributed by atoms with Gasteiger partial charge >= 0.3 is 0 Å². The molecule has 4 saturated carbocycles. The van der Waals surface area contributed by atoms with Gasteiger partial charge in [-0.15, -0.1) is 0 Å². The molecule has 0 aromatic carbocycles. The van der Waals surface area contributed by atoms with Gasteiger partial charge in [-0.25, -0.2) is 0 Å². The first-order valence-corrected chi connectivity index (χ1v) is 27.0. The van der Waals surface area contributed by atoms with Crippen molar-refractivity contribution in [1.29, 1.82) is 0 Å². The molecule has 12 N–H and O–H groups in total. The van der Waals surface area contributed by atoms with E-state index >= 15 is 0 Å². The normalized spacial score (nSPS) is 56.7. The van der Waals surface area contributed by atoms with Gasteiger partial charge in [0.05, 0.1) is 50.8 Å². The highest BCUT2D eigenvalue weighted by Gasteiger charge is 2.81. The summed E-state index contributed by atoms with van der Waals surface area (Å²) in [7, 11) is 0. The van der Waals surface area contributed by atoms with Gasteiger partial charge in [0.15, 0.2) is 30.9 Å². The van der Waals surface area contributed by atoms with Crippen molar-refractivity contribution in [2.24, 2.45) is 45.3 Å². The highest BCUT2D eigenvalue weighted by Crippen LogP contribution is 2.80. The van der Waals surface area contributed by atoms with E-state index in [2.05, 4.69) is 40.7 Å². The Morgan fingerprint density at radius 2 is 1.20 bits per heavy atom. The third kappa shape index (κ3) is 8.66. The number of hydrogen-bond donors (Lipinski definition) is 12. The predicted octanol–water partition coefficient (Wildman–Crippen LogP) is -1.57. The van der Waals surface area contributed by atoms with E-state index in [9.17, 15) is 61.3 Å². The minimum absolute atomic E-state index is 0.0992. The molecule has 0 amide bonds. The summed E-state index contributed by atoms with van der Waals surface area (Å²) < 4.78 is 64.2. The molecule has 10 aliphatic rings. The van der Waals surface area contributed by atoms with Gasteiger partial charge in [0.2, 0.25) is 0 Å². The fourth-order valence-electron chi connectivity index (χ4n) is 17.1. The molecule has 6 saturated heterocycles. The molecular formula is C52H84O22. The number of fused-ring (bicyclic) bond motifs is 4. The van der Waals surface area contributed by atoms with Crippen LogP contribution in [0.3, 0.4) is 0 Å². The molecule has 2 spiro atoms. The zero-order chi connectivity index (χ0) is 53.4. The van der Waals surface area contributed by atoms with E-state index in [1.54, 1.807) is 0 Å². The second kappa shape index (κ2) is 20.1. The van der Waals surface area contributed by atoms with Gasteiger partial charge in [-0.05, 0) is 93.3 Å². The fraction of sp³-hybridized carbons (Fsp3) is 0.962. The average molecular weight is 1060 g/mol. The van der Waals surface area contributed by atoms with Gasteiger partial charge in [0.25, 0.3) is 0 Å². The molecule has 10 rings (SSSR count). The van der Waals surface area contributed by atoms with Crippen molar-refractivity contribution in [1.82, 2.24) is 0 Å². The van der Waals surface area contributed by atoms with E-state index in [0.717, 1.165) is 37.7 Å². The van der Waals surface area contributed by atoms with E-state index < -0.39 is 153 Å². The first-order valence-electron chi connectivity index (χ1n) is 27.0. The first-order chi connectivity index (χ1) is 34.8. The van der Waals surface area contributed by atoms with Crippen LogP contribution in [0.15, 0.2) is 11.6 Å². The summed E-state index contributed by atoms with van der Waals surface area (Å²) >= 11 is 0. The van der Waals surface area contributed by atoms with Crippen LogP contribution < -0.4 is 0 Å². The zero-order valence-electron chi connectivity index (χ0n) is 43.6. The Balaban J connectivity index is 0.927. The van der Waals surface area contributed by atoms with Crippen molar-refractivity contribution < 1.29 is 109 Å². The summed E-state index contributed by atoms with van der Waals surface area (Å²) in [6.07, 6.45) is -20.6. The molecule has 2 bridgehead atoms. The average Bonchev–Trinajstić information content (AvgIpc) is 3.97. The summed E-state index contributed by atoms with van der Waals surface area (Å²) in [5.41, 5.74) is -1.11. The molecule has 0 unspecified atom stereocenters. The Hall–Kier alpha value is -1.14. The molecule has 74 heavy (non-hydrogen) atoms. The van der Waals surface area contributed by atoms with E-state index in [4.69, 9.17) is 47.4 Å². The topological polar surface area (TPSA) is 335 Å². The molecule has 6 heterocycles. The van der Waals surface area contributed by atoms with Gasteiger partial charge in [0.1, 0.15) is 85.5 Å². The number of hydrogen-bond acceptors (Lipinski definition) is 22. The van der Waals surface area contributed by atoms with E-state index in [1.165, 1.54) is 0 Å². The van der Waals surface area contributed by atoms with E-state index in [-0.39, 0.29) is 52.6 Å². The molecule has 29 atom stereocenters. The lowest BCUT2D eigenvalue weighted by Gasteiger charge is -2.70. The van der Waals surface area contributed by atoms with Crippen molar-refractivity contribution in [2.45, 2.75) is 234 Å². The summed E-state index contributed by atoms with van der Waals surface area (Å²) in [6.45, 7) is 13.5. The Morgan fingerprint density at radius 3 is 1.85 bits per heavy atom. The van der Waals surface area contributed by atoms with Crippen LogP contribution in [0.1, 0.15) is 99.8 Å². The molecular weight excluding hydrogens is 977 g/mol. The summed E-state index contributed by atoms with van der Waals surface area (Å²) in [4.78, 5) is 0. The maximum absolute atomic E-state index is 11.8. The zero-order valence-corrected chi connectivity index (χ0v) is 43.6. The van der Waals surface area contributed by atoms with E-state index in [0.29, 0.717) is 25.9 Å². The Kier molecular flexibility index (Phi) is 15.3. The minimum Gasteiger partial charge on any atom is -0.394 e. The van der Waals surface area contributed by atoms with Gasteiger partial charge in [-0.1, -0.05) is 39.3 Å². The van der Waals surface area contributed by atoms with Crippen LogP contribution in [0.4, 0.5) is 0 Å². The number of allylic oxidation sites excluding steroid dienone is 1. The smallest absolute Gasteiger partial charge is 0.187 e. The number of aliphatic hydroxyl groups is 12. The number of aliphatic hydroxyl groups excluding tert-OH is 12. The Labute approximate surface area is 431 Å². The molecule has 10 fully saturated rings.